The van der Waals surface area contributed by atoms with E-state index in [2.05, 4.69) is 19.3 Å². The van der Waals surface area contributed by atoms with E-state index in [1.165, 1.54) is 9.78 Å². The summed E-state index contributed by atoms with van der Waals surface area (Å²) in [5.74, 6) is 0.531. The van der Waals surface area contributed by atoms with Gasteiger partial charge in [0.2, 0.25) is 0 Å². The molecule has 0 radical (unpaired) electrons. The van der Waals surface area contributed by atoms with Crippen molar-refractivity contribution in [1.82, 2.24) is 4.90 Å². The van der Waals surface area contributed by atoms with Crippen LogP contribution in [0.25, 0.3) is 0 Å². The van der Waals surface area contributed by atoms with Crippen LogP contribution in [-0.2, 0) is 12.8 Å². The smallest absolute Gasteiger partial charge is 0.257 e. The molecule has 2 aliphatic rings. The highest BCUT2D eigenvalue weighted by Gasteiger charge is 2.33. The average molecular weight is 427 g/mol. The number of hydrogen-bond acceptors (Lipinski definition) is 3. The summed E-state index contributed by atoms with van der Waals surface area (Å²) in [4.78, 5) is 31.2. The van der Waals surface area contributed by atoms with Crippen LogP contribution in [0.3, 0.4) is 0 Å². The Labute approximate surface area is 183 Å². The van der Waals surface area contributed by atoms with Gasteiger partial charge in [-0.3, -0.25) is 9.59 Å². The number of rotatable bonds is 4. The largest absolute Gasteiger partial charge is 0.338 e. The normalized spacial score (nSPS) is 23.5. The van der Waals surface area contributed by atoms with E-state index in [0.717, 1.165) is 61.3 Å². The van der Waals surface area contributed by atoms with Crippen LogP contribution in [0, 0.1) is 5.92 Å². The molecule has 0 saturated carbocycles. The first-order chi connectivity index (χ1) is 14.4. The van der Waals surface area contributed by atoms with Crippen LogP contribution in [0.1, 0.15) is 57.3 Å². The van der Waals surface area contributed by atoms with Crippen LogP contribution in [0.2, 0.25) is 0 Å². The van der Waals surface area contributed by atoms with E-state index in [9.17, 15) is 9.59 Å². The van der Waals surface area contributed by atoms with E-state index in [4.69, 9.17) is 0 Å². The highest BCUT2D eigenvalue weighted by molar-refractivity contribution is 7.17. The number of nitrogens with zero attached hydrogens (tertiary/aromatic N) is 1. The average Bonchev–Trinajstić information content (AvgIpc) is 3.10. The minimum atomic E-state index is -0.151. The van der Waals surface area contributed by atoms with Gasteiger partial charge >= 0.3 is 0 Å². The third-order valence-corrected chi connectivity index (χ3v) is 7.84. The van der Waals surface area contributed by atoms with Crippen LogP contribution >= 0.6 is 11.3 Å². The number of carbonyl (C=O) groups is 2. The number of thiophene rings is 1. The molecule has 2 N–H and O–H groups in total. The first kappa shape index (κ1) is 21.1. The first-order valence-corrected chi connectivity index (χ1v) is 11.8. The molecule has 2 aromatic rings. The number of quaternary nitrogens is 1. The molecule has 5 nitrogen and oxygen atoms in total. The van der Waals surface area contributed by atoms with Gasteiger partial charge in [0.05, 0.1) is 25.7 Å². The summed E-state index contributed by atoms with van der Waals surface area (Å²) in [5, 5.41) is 3.79. The molecular weight excluding hydrogens is 394 g/mol. The molecule has 1 saturated heterocycles. The molecule has 1 aromatic heterocycles. The maximum absolute atomic E-state index is 13.7. The van der Waals surface area contributed by atoms with E-state index in [1.54, 1.807) is 23.5 Å². The number of anilines is 1. The number of fused-ring (bicyclic) bond motifs is 1. The van der Waals surface area contributed by atoms with E-state index >= 15 is 0 Å². The molecule has 4 rings (SSSR count). The van der Waals surface area contributed by atoms with Crippen molar-refractivity contribution in [2.45, 2.75) is 45.1 Å². The maximum Gasteiger partial charge on any atom is 0.257 e. The second-order valence-electron chi connectivity index (χ2n) is 8.98. The van der Waals surface area contributed by atoms with E-state index < -0.39 is 0 Å². The topological polar surface area (TPSA) is 53.9 Å². The van der Waals surface area contributed by atoms with Crippen molar-refractivity contribution in [2.24, 2.45) is 5.92 Å². The SMILES string of the molecule is C[C@H]1CCc2c(sc(NC(=O)c3ccccc3)c2C(=O)N(C)C2CC[NH+](C)CC2)C1. The zero-order chi connectivity index (χ0) is 21.3. The highest BCUT2D eigenvalue weighted by atomic mass is 32.1. The fourth-order valence-corrected chi connectivity index (χ4v) is 6.05. The summed E-state index contributed by atoms with van der Waals surface area (Å²) in [6.07, 6.45) is 5.06. The number of amides is 2. The van der Waals surface area contributed by atoms with Gasteiger partial charge in [-0.15, -0.1) is 11.3 Å². The Morgan fingerprint density at radius 1 is 1.13 bits per heavy atom. The number of benzene rings is 1. The molecule has 0 unspecified atom stereocenters. The van der Waals surface area contributed by atoms with Crippen LogP contribution < -0.4 is 10.2 Å². The van der Waals surface area contributed by atoms with E-state index in [0.29, 0.717) is 11.5 Å². The van der Waals surface area contributed by atoms with Crippen molar-refractivity contribution in [3.05, 3.63) is 51.9 Å². The van der Waals surface area contributed by atoms with Crippen molar-refractivity contribution >= 4 is 28.2 Å². The number of hydrogen-bond donors (Lipinski definition) is 2. The lowest BCUT2D eigenvalue weighted by atomic mass is 9.88. The molecule has 1 aliphatic carbocycles. The molecule has 160 valence electrons. The van der Waals surface area contributed by atoms with Gasteiger partial charge in [0.1, 0.15) is 5.00 Å². The fraction of sp³-hybridized carbons (Fsp3) is 0.500. The molecule has 2 amide bonds. The lowest BCUT2D eigenvalue weighted by molar-refractivity contribution is -0.885. The highest BCUT2D eigenvalue weighted by Crippen LogP contribution is 2.40. The summed E-state index contributed by atoms with van der Waals surface area (Å²) in [5.41, 5.74) is 2.51. The van der Waals surface area contributed by atoms with Crippen LogP contribution in [-0.4, -0.2) is 49.9 Å². The van der Waals surface area contributed by atoms with Gasteiger partial charge in [-0.25, -0.2) is 0 Å². The Morgan fingerprint density at radius 3 is 2.53 bits per heavy atom. The number of piperidine rings is 1. The Bertz CT molecular complexity index is 916. The second-order valence-corrected chi connectivity index (χ2v) is 10.1. The Hall–Kier alpha value is -2.18. The molecular formula is C24H32N3O2S+. The molecule has 6 heteroatoms. The third-order valence-electron chi connectivity index (χ3n) is 6.67. The summed E-state index contributed by atoms with van der Waals surface area (Å²) < 4.78 is 0. The summed E-state index contributed by atoms with van der Waals surface area (Å²) >= 11 is 1.60. The third kappa shape index (κ3) is 4.30. The predicted molar refractivity (Wildman–Crippen MR) is 122 cm³/mol. The Kier molecular flexibility index (Phi) is 6.25. The van der Waals surface area contributed by atoms with Gasteiger partial charge in [0, 0.05) is 36.4 Å². The monoisotopic (exact) mass is 426 g/mol. The number of carbonyl (C=O) groups excluding carboxylic acids is 2. The lowest BCUT2D eigenvalue weighted by Crippen LogP contribution is -3.10. The standard InChI is InChI=1S/C24H31N3O2S/c1-16-9-10-19-20(15-16)30-23(25-22(28)17-7-5-4-6-8-17)21(19)24(29)27(3)18-11-13-26(2)14-12-18/h4-8,16,18H,9-15H2,1-3H3,(H,25,28)/p+1/t16-/m0/s1. The van der Waals surface area contributed by atoms with E-state index in [-0.39, 0.29) is 17.9 Å². The minimum Gasteiger partial charge on any atom is -0.338 e. The van der Waals surface area contributed by atoms with Crippen molar-refractivity contribution in [2.75, 3.05) is 32.5 Å². The second kappa shape index (κ2) is 8.90. The van der Waals surface area contributed by atoms with Crippen molar-refractivity contribution in [3.63, 3.8) is 0 Å². The van der Waals surface area contributed by atoms with Crippen LogP contribution in [0.4, 0.5) is 5.00 Å². The molecule has 0 bridgehead atoms. The van der Waals surface area contributed by atoms with Crippen LogP contribution in [0.5, 0.6) is 0 Å². The molecule has 0 spiro atoms. The first-order valence-electron chi connectivity index (χ1n) is 11.0. The summed E-state index contributed by atoms with van der Waals surface area (Å²) in [6, 6.07) is 9.50. The van der Waals surface area contributed by atoms with Gasteiger partial charge in [-0.1, -0.05) is 25.1 Å². The fourth-order valence-electron chi connectivity index (χ4n) is 4.65. The van der Waals surface area contributed by atoms with Crippen molar-refractivity contribution < 1.29 is 14.5 Å². The van der Waals surface area contributed by atoms with Crippen molar-refractivity contribution in [1.29, 1.82) is 0 Å². The zero-order valence-corrected chi connectivity index (χ0v) is 19.0. The predicted octanol–water partition coefficient (Wildman–Crippen LogP) is 2.87. The summed E-state index contributed by atoms with van der Waals surface area (Å²) in [7, 11) is 4.15. The minimum absolute atomic E-state index is 0.0648. The van der Waals surface area contributed by atoms with Crippen LogP contribution in [0.15, 0.2) is 30.3 Å². The molecule has 1 atom stereocenters. The lowest BCUT2D eigenvalue weighted by Gasteiger charge is -2.33. The van der Waals surface area contributed by atoms with Gasteiger partial charge in [-0.2, -0.15) is 0 Å². The quantitative estimate of drug-likeness (QED) is 0.790. The maximum atomic E-state index is 13.7. The number of nitrogens with one attached hydrogen (secondary N) is 2. The van der Waals surface area contributed by atoms with Gasteiger partial charge in [0.25, 0.3) is 11.8 Å². The molecule has 2 heterocycles. The molecule has 1 aliphatic heterocycles. The number of likely N-dealkylation sites (tertiary alicyclic amines) is 1. The van der Waals surface area contributed by atoms with Gasteiger partial charge in [-0.05, 0) is 42.9 Å². The van der Waals surface area contributed by atoms with E-state index in [1.807, 2.05) is 30.1 Å². The van der Waals surface area contributed by atoms with Gasteiger partial charge < -0.3 is 15.1 Å². The molecule has 1 fully saturated rings. The molecule has 1 aromatic carbocycles. The van der Waals surface area contributed by atoms with Gasteiger partial charge in [0.15, 0.2) is 0 Å². The Balaban J connectivity index is 1.63. The Morgan fingerprint density at radius 2 is 1.83 bits per heavy atom. The molecule has 30 heavy (non-hydrogen) atoms. The summed E-state index contributed by atoms with van der Waals surface area (Å²) in [6.45, 7) is 4.46. The zero-order valence-electron chi connectivity index (χ0n) is 18.2. The van der Waals surface area contributed by atoms with Crippen molar-refractivity contribution in [3.8, 4) is 0 Å².